The van der Waals surface area contributed by atoms with Crippen LogP contribution in [0.1, 0.15) is 29.4 Å². The van der Waals surface area contributed by atoms with Crippen LogP contribution in [0.2, 0.25) is 0 Å². The number of hydrazone groups is 1. The molecule has 0 spiro atoms. The molecule has 31 heavy (non-hydrogen) atoms. The summed E-state index contributed by atoms with van der Waals surface area (Å²) in [4.78, 5) is 21.4. The zero-order valence-electron chi connectivity index (χ0n) is 16.4. The number of anilines is 1. The fraction of sp³-hybridized carbons (Fsp3) is 0.0870. The molecule has 1 aromatic carbocycles. The van der Waals surface area contributed by atoms with Gasteiger partial charge in [-0.15, -0.1) is 0 Å². The van der Waals surface area contributed by atoms with E-state index >= 15 is 0 Å². The van der Waals surface area contributed by atoms with Crippen LogP contribution in [0, 0.1) is 11.8 Å². The molecule has 4 heterocycles. The van der Waals surface area contributed by atoms with Crippen LogP contribution >= 0.6 is 0 Å². The molecule has 0 bridgehead atoms. The maximum Gasteiger partial charge on any atom is 0.342 e. The number of hydrogen-bond donors (Lipinski definition) is 1. The van der Waals surface area contributed by atoms with Crippen LogP contribution in [0.4, 0.5) is 10.5 Å². The molecule has 150 valence electrons. The summed E-state index contributed by atoms with van der Waals surface area (Å²) in [5.74, 6) is 6.03. The van der Waals surface area contributed by atoms with Crippen molar-refractivity contribution in [2.75, 3.05) is 5.32 Å². The number of imidazole rings is 1. The maximum atomic E-state index is 12.8. The number of pyridine rings is 1. The highest BCUT2D eigenvalue weighted by atomic mass is 16.2. The second-order valence-electron chi connectivity index (χ2n) is 6.85. The summed E-state index contributed by atoms with van der Waals surface area (Å²) in [6.45, 7) is 0. The molecule has 1 aliphatic heterocycles. The number of rotatable bonds is 2. The summed E-state index contributed by atoms with van der Waals surface area (Å²) in [7, 11) is 0. The minimum Gasteiger partial charge on any atom is -0.306 e. The van der Waals surface area contributed by atoms with E-state index in [0.29, 0.717) is 23.5 Å². The highest BCUT2D eigenvalue weighted by Crippen LogP contribution is 2.28. The maximum absolute atomic E-state index is 12.8. The number of aromatic nitrogens is 4. The number of benzene rings is 1. The lowest BCUT2D eigenvalue weighted by Crippen LogP contribution is -2.31. The minimum atomic E-state index is -0.307. The lowest BCUT2D eigenvalue weighted by molar-refractivity contribution is 0.200. The first-order chi connectivity index (χ1) is 15.3. The quantitative estimate of drug-likeness (QED) is 0.515. The zero-order chi connectivity index (χ0) is 21.0. The third kappa shape index (κ3) is 3.84. The van der Waals surface area contributed by atoms with Gasteiger partial charge in [0.15, 0.2) is 5.65 Å². The van der Waals surface area contributed by atoms with Crippen molar-refractivity contribution in [2.24, 2.45) is 5.10 Å². The van der Waals surface area contributed by atoms with Crippen LogP contribution in [-0.4, -0.2) is 36.8 Å². The molecule has 0 radical (unpaired) electrons. The molecule has 1 aliphatic rings. The van der Waals surface area contributed by atoms with Crippen molar-refractivity contribution >= 4 is 23.6 Å². The molecule has 0 fully saturated rings. The summed E-state index contributed by atoms with van der Waals surface area (Å²) in [5.41, 5.74) is 3.53. The van der Waals surface area contributed by atoms with Crippen LogP contribution in [0.25, 0.3) is 5.65 Å². The van der Waals surface area contributed by atoms with Gasteiger partial charge in [0.1, 0.15) is 11.4 Å². The van der Waals surface area contributed by atoms with E-state index in [1.165, 1.54) is 5.01 Å². The number of urea groups is 1. The van der Waals surface area contributed by atoms with Crippen molar-refractivity contribution in [2.45, 2.75) is 12.5 Å². The van der Waals surface area contributed by atoms with Gasteiger partial charge in [-0.1, -0.05) is 30.3 Å². The van der Waals surface area contributed by atoms with Crippen LogP contribution in [0.3, 0.4) is 0 Å². The standard InChI is InChI=1S/C23H17N7O/c31-23(30-21(11-14-27-30)17-5-2-1-3-6-17)28-19-10-13-24-18(15-19)8-9-20-16-25-22-7-4-12-26-29(20)22/h1-7,10,12-16,21H,11H2,(H,24,28,31)/t21-/m0/s1. The number of amides is 2. The monoisotopic (exact) mass is 407 g/mol. The first kappa shape index (κ1) is 18.5. The van der Waals surface area contributed by atoms with E-state index in [0.717, 1.165) is 11.2 Å². The van der Waals surface area contributed by atoms with E-state index in [-0.39, 0.29) is 12.1 Å². The molecule has 0 unspecified atom stereocenters. The summed E-state index contributed by atoms with van der Waals surface area (Å²) in [5, 5.41) is 12.8. The minimum absolute atomic E-state index is 0.120. The van der Waals surface area contributed by atoms with Crippen LogP contribution in [0.5, 0.6) is 0 Å². The van der Waals surface area contributed by atoms with Crippen molar-refractivity contribution in [1.29, 1.82) is 0 Å². The van der Waals surface area contributed by atoms with Gasteiger partial charge in [-0.05, 0) is 41.7 Å². The Balaban J connectivity index is 1.33. The number of carbonyl (C=O) groups is 1. The number of hydrogen-bond acceptors (Lipinski definition) is 5. The van der Waals surface area contributed by atoms with Crippen molar-refractivity contribution < 1.29 is 4.79 Å². The second kappa shape index (κ2) is 8.08. The van der Waals surface area contributed by atoms with Crippen LogP contribution < -0.4 is 5.32 Å². The molecule has 8 heteroatoms. The van der Waals surface area contributed by atoms with Crippen molar-refractivity contribution in [3.8, 4) is 11.8 Å². The smallest absolute Gasteiger partial charge is 0.306 e. The first-order valence-corrected chi connectivity index (χ1v) is 9.72. The molecule has 0 aliphatic carbocycles. The van der Waals surface area contributed by atoms with E-state index in [4.69, 9.17) is 0 Å². The van der Waals surface area contributed by atoms with Gasteiger partial charge in [-0.25, -0.2) is 24.3 Å². The SMILES string of the molecule is O=C(Nc1ccnc(C#Cc2cnc3cccnn23)c1)N1N=CC[C@H]1c1ccccc1. The van der Waals surface area contributed by atoms with Crippen molar-refractivity contribution in [3.05, 3.63) is 90.1 Å². The average molecular weight is 407 g/mol. The fourth-order valence-corrected chi connectivity index (χ4v) is 3.36. The lowest BCUT2D eigenvalue weighted by atomic mass is 10.1. The van der Waals surface area contributed by atoms with Crippen molar-refractivity contribution in [3.63, 3.8) is 0 Å². The Morgan fingerprint density at radius 1 is 1.03 bits per heavy atom. The normalized spacial score (nSPS) is 15.0. The Hall–Kier alpha value is -4.51. The number of nitrogens with zero attached hydrogens (tertiary/aromatic N) is 6. The van der Waals surface area contributed by atoms with E-state index in [1.807, 2.05) is 42.5 Å². The molecule has 0 saturated carbocycles. The molecule has 8 nitrogen and oxygen atoms in total. The first-order valence-electron chi connectivity index (χ1n) is 9.72. The fourth-order valence-electron chi connectivity index (χ4n) is 3.36. The Bertz CT molecular complexity index is 1330. The van der Waals surface area contributed by atoms with Gasteiger partial charge in [0.25, 0.3) is 0 Å². The summed E-state index contributed by atoms with van der Waals surface area (Å²) in [6.07, 6.45) is 7.38. The van der Waals surface area contributed by atoms with Gasteiger partial charge in [0, 0.05) is 30.7 Å². The zero-order valence-corrected chi connectivity index (χ0v) is 16.4. The molecule has 1 N–H and O–H groups in total. The lowest BCUT2D eigenvalue weighted by Gasteiger charge is -2.22. The summed E-state index contributed by atoms with van der Waals surface area (Å²) >= 11 is 0. The van der Waals surface area contributed by atoms with Gasteiger partial charge in [-0.3, -0.25) is 0 Å². The van der Waals surface area contributed by atoms with Gasteiger partial charge in [0.05, 0.1) is 12.2 Å². The topological polar surface area (TPSA) is 87.8 Å². The Morgan fingerprint density at radius 3 is 2.84 bits per heavy atom. The Kier molecular flexibility index (Phi) is 4.83. The molecule has 1 atom stereocenters. The average Bonchev–Trinajstić information content (AvgIpc) is 3.46. The van der Waals surface area contributed by atoms with Gasteiger partial charge in [-0.2, -0.15) is 10.2 Å². The van der Waals surface area contributed by atoms with Crippen molar-refractivity contribution in [1.82, 2.24) is 24.6 Å². The molecule has 5 rings (SSSR count). The highest BCUT2D eigenvalue weighted by Gasteiger charge is 2.28. The van der Waals surface area contributed by atoms with E-state index < -0.39 is 0 Å². The molecule has 3 aromatic heterocycles. The highest BCUT2D eigenvalue weighted by molar-refractivity contribution is 5.91. The molecule has 2 amide bonds. The number of carbonyl (C=O) groups excluding carboxylic acids is 1. The third-order valence-electron chi connectivity index (χ3n) is 4.83. The molecular formula is C23H17N7O. The molecular weight excluding hydrogens is 390 g/mol. The van der Waals surface area contributed by atoms with Crippen LogP contribution in [0.15, 0.2) is 78.3 Å². The number of nitrogens with one attached hydrogen (secondary N) is 1. The number of fused-ring (bicyclic) bond motifs is 1. The van der Waals surface area contributed by atoms with E-state index in [1.54, 1.807) is 41.5 Å². The van der Waals surface area contributed by atoms with Gasteiger partial charge < -0.3 is 5.32 Å². The molecule has 0 saturated heterocycles. The van der Waals surface area contributed by atoms with Gasteiger partial charge in [0.2, 0.25) is 0 Å². The predicted molar refractivity (Wildman–Crippen MR) is 116 cm³/mol. The van der Waals surface area contributed by atoms with Gasteiger partial charge >= 0.3 is 6.03 Å². The largest absolute Gasteiger partial charge is 0.342 e. The Labute approximate surface area is 178 Å². The molecule has 4 aromatic rings. The van der Waals surface area contributed by atoms with Crippen LogP contribution in [-0.2, 0) is 0 Å². The predicted octanol–water partition coefficient (Wildman–Crippen LogP) is 3.49. The summed E-state index contributed by atoms with van der Waals surface area (Å²) < 4.78 is 1.66. The summed E-state index contributed by atoms with van der Waals surface area (Å²) in [6, 6.07) is 16.5. The second-order valence-corrected chi connectivity index (χ2v) is 6.85. The third-order valence-corrected chi connectivity index (χ3v) is 4.83. The van der Waals surface area contributed by atoms with E-state index in [9.17, 15) is 4.79 Å². The van der Waals surface area contributed by atoms with E-state index in [2.05, 4.69) is 37.3 Å². The Morgan fingerprint density at radius 2 is 1.94 bits per heavy atom.